The molecule has 0 amide bonds. The van der Waals surface area contributed by atoms with Crippen LogP contribution >= 0.6 is 11.3 Å². The van der Waals surface area contributed by atoms with Crippen LogP contribution in [0.4, 0.5) is 5.13 Å². The minimum atomic E-state index is 0.553. The third kappa shape index (κ3) is 3.03. The van der Waals surface area contributed by atoms with Gasteiger partial charge < -0.3 is 0 Å². The Morgan fingerprint density at radius 2 is 2.12 bits per heavy atom. The van der Waals surface area contributed by atoms with Crippen molar-refractivity contribution in [2.45, 2.75) is 26.7 Å². The van der Waals surface area contributed by atoms with Crippen LogP contribution in [0, 0.1) is 5.92 Å². The van der Waals surface area contributed by atoms with E-state index in [1.165, 1.54) is 4.70 Å². The zero-order chi connectivity index (χ0) is 12.1. The first-order valence-electron chi connectivity index (χ1n) is 5.98. The van der Waals surface area contributed by atoms with Crippen LogP contribution in [0.2, 0.25) is 0 Å². The number of fused-ring (bicyclic) bond motifs is 1. The molecule has 17 heavy (non-hydrogen) atoms. The van der Waals surface area contributed by atoms with Crippen molar-refractivity contribution in [3.05, 3.63) is 24.3 Å². The molecule has 0 unspecified atom stereocenters. The summed E-state index contributed by atoms with van der Waals surface area (Å²) in [5.41, 5.74) is 4.04. The van der Waals surface area contributed by atoms with Crippen LogP contribution in [0.5, 0.6) is 0 Å². The molecule has 1 heterocycles. The first-order chi connectivity index (χ1) is 8.33. The summed E-state index contributed by atoms with van der Waals surface area (Å²) in [6, 6.07) is 8.11. The predicted octanol–water partition coefficient (Wildman–Crippen LogP) is 4.13. The van der Waals surface area contributed by atoms with E-state index in [1.54, 1.807) is 11.3 Å². The number of aromatic nitrogens is 1. The summed E-state index contributed by atoms with van der Waals surface area (Å²) >= 11 is 1.63. The Labute approximate surface area is 106 Å². The molecule has 0 saturated carbocycles. The van der Waals surface area contributed by atoms with E-state index in [4.69, 9.17) is 0 Å². The predicted molar refractivity (Wildman–Crippen MR) is 75.8 cm³/mol. The highest BCUT2D eigenvalue weighted by molar-refractivity contribution is 7.22. The zero-order valence-corrected chi connectivity index (χ0v) is 11.0. The van der Waals surface area contributed by atoms with Crippen molar-refractivity contribution >= 4 is 32.9 Å². The fourth-order valence-electron chi connectivity index (χ4n) is 1.62. The number of anilines is 1. The van der Waals surface area contributed by atoms with E-state index >= 15 is 0 Å². The molecule has 90 valence electrons. The third-order valence-electron chi connectivity index (χ3n) is 2.79. The Balaban J connectivity index is 2.03. The smallest absolute Gasteiger partial charge is 0.204 e. The second kappa shape index (κ2) is 5.77. The molecule has 1 aromatic heterocycles. The molecule has 0 spiro atoms. The molecular weight excluding hydrogens is 230 g/mol. The van der Waals surface area contributed by atoms with E-state index in [2.05, 4.69) is 35.4 Å². The highest BCUT2D eigenvalue weighted by atomic mass is 32.1. The lowest BCUT2D eigenvalue weighted by molar-refractivity contribution is 0.654. The van der Waals surface area contributed by atoms with Crippen molar-refractivity contribution in [3.63, 3.8) is 0 Å². The number of nitrogens with one attached hydrogen (secondary N) is 1. The molecule has 0 atom stereocenters. The highest BCUT2D eigenvalue weighted by Gasteiger charge is 2.01. The van der Waals surface area contributed by atoms with Crippen molar-refractivity contribution in [2.75, 3.05) is 5.43 Å². The van der Waals surface area contributed by atoms with Crippen molar-refractivity contribution in [1.29, 1.82) is 0 Å². The summed E-state index contributed by atoms with van der Waals surface area (Å²) in [4.78, 5) is 4.45. The van der Waals surface area contributed by atoms with Crippen molar-refractivity contribution < 1.29 is 0 Å². The maximum absolute atomic E-state index is 4.45. The molecule has 0 radical (unpaired) electrons. The fraction of sp³-hybridized carbons (Fsp3) is 0.385. The first-order valence-corrected chi connectivity index (χ1v) is 6.80. The average molecular weight is 247 g/mol. The Bertz CT molecular complexity index is 467. The van der Waals surface area contributed by atoms with Crippen LogP contribution in [0.15, 0.2) is 29.4 Å². The molecule has 0 aliphatic rings. The molecule has 0 fully saturated rings. The quantitative estimate of drug-likeness (QED) is 0.637. The second-order valence-corrected chi connectivity index (χ2v) is 4.98. The molecule has 1 aromatic carbocycles. The number of nitrogens with zero attached hydrogens (tertiary/aromatic N) is 2. The molecule has 4 heteroatoms. The van der Waals surface area contributed by atoms with Crippen LogP contribution in [0.25, 0.3) is 10.2 Å². The maximum atomic E-state index is 4.45. The summed E-state index contributed by atoms with van der Waals surface area (Å²) in [5.74, 6) is 0.553. The van der Waals surface area contributed by atoms with Gasteiger partial charge in [0, 0.05) is 6.21 Å². The minimum Gasteiger partial charge on any atom is -0.253 e. The van der Waals surface area contributed by atoms with Gasteiger partial charge in [-0.3, -0.25) is 5.43 Å². The van der Waals surface area contributed by atoms with Crippen molar-refractivity contribution in [1.82, 2.24) is 4.98 Å². The molecule has 3 nitrogen and oxygen atoms in total. The SMILES string of the molecule is CCC(/C=N\Nc1nc2ccccc2s1)CC. The largest absolute Gasteiger partial charge is 0.253 e. The molecule has 0 aliphatic heterocycles. The molecule has 0 aliphatic carbocycles. The van der Waals surface area contributed by atoms with E-state index in [0.717, 1.165) is 23.5 Å². The van der Waals surface area contributed by atoms with Gasteiger partial charge in [-0.25, -0.2) is 4.98 Å². The first kappa shape index (κ1) is 12.0. The van der Waals surface area contributed by atoms with Gasteiger partial charge in [-0.2, -0.15) is 5.10 Å². The Kier molecular flexibility index (Phi) is 4.09. The lowest BCUT2D eigenvalue weighted by Crippen LogP contribution is -2.00. The van der Waals surface area contributed by atoms with Gasteiger partial charge in [0.2, 0.25) is 5.13 Å². The Morgan fingerprint density at radius 3 is 2.82 bits per heavy atom. The van der Waals surface area contributed by atoms with Gasteiger partial charge in [-0.15, -0.1) is 0 Å². The topological polar surface area (TPSA) is 37.3 Å². The Morgan fingerprint density at radius 1 is 1.35 bits per heavy atom. The van der Waals surface area contributed by atoms with Gasteiger partial charge >= 0.3 is 0 Å². The number of hydrogen-bond acceptors (Lipinski definition) is 4. The van der Waals surface area contributed by atoms with Crippen LogP contribution in [0.3, 0.4) is 0 Å². The van der Waals surface area contributed by atoms with Crippen LogP contribution in [-0.4, -0.2) is 11.2 Å². The number of para-hydroxylation sites is 1. The molecule has 0 saturated heterocycles. The van der Waals surface area contributed by atoms with Gasteiger partial charge in [0.15, 0.2) is 0 Å². The van der Waals surface area contributed by atoms with Gasteiger partial charge in [0.1, 0.15) is 0 Å². The minimum absolute atomic E-state index is 0.553. The standard InChI is InChI=1S/C13H17N3S/c1-3-10(4-2)9-14-16-13-15-11-7-5-6-8-12(11)17-13/h5-10H,3-4H2,1-2H3,(H,15,16)/b14-9-. The molecular formula is C13H17N3S. The maximum Gasteiger partial charge on any atom is 0.204 e. The van der Waals surface area contributed by atoms with Gasteiger partial charge in [-0.1, -0.05) is 37.3 Å². The summed E-state index contributed by atoms with van der Waals surface area (Å²) in [6.07, 6.45) is 4.23. The van der Waals surface area contributed by atoms with Crippen molar-refractivity contribution in [3.8, 4) is 0 Å². The summed E-state index contributed by atoms with van der Waals surface area (Å²) in [7, 11) is 0. The average Bonchev–Trinajstić information content (AvgIpc) is 2.77. The van der Waals surface area contributed by atoms with E-state index in [9.17, 15) is 0 Å². The van der Waals surface area contributed by atoms with Crippen LogP contribution in [-0.2, 0) is 0 Å². The third-order valence-corrected chi connectivity index (χ3v) is 3.73. The van der Waals surface area contributed by atoms with Gasteiger partial charge in [-0.05, 0) is 30.9 Å². The lowest BCUT2D eigenvalue weighted by Gasteiger charge is -2.03. The lowest BCUT2D eigenvalue weighted by atomic mass is 10.1. The van der Waals surface area contributed by atoms with E-state index in [-0.39, 0.29) is 0 Å². The zero-order valence-electron chi connectivity index (χ0n) is 10.2. The van der Waals surface area contributed by atoms with Gasteiger partial charge in [0.05, 0.1) is 10.2 Å². The fourth-order valence-corrected chi connectivity index (χ4v) is 2.43. The molecule has 2 rings (SSSR count). The number of hydrazone groups is 1. The van der Waals surface area contributed by atoms with Crippen molar-refractivity contribution in [2.24, 2.45) is 11.0 Å². The molecule has 2 aromatic rings. The molecule has 1 N–H and O–H groups in total. The number of hydrogen-bond donors (Lipinski definition) is 1. The molecule has 0 bridgehead atoms. The van der Waals surface area contributed by atoms with E-state index in [0.29, 0.717) is 5.92 Å². The summed E-state index contributed by atoms with van der Waals surface area (Å²) < 4.78 is 1.19. The highest BCUT2D eigenvalue weighted by Crippen LogP contribution is 2.25. The van der Waals surface area contributed by atoms with Crippen LogP contribution in [0.1, 0.15) is 26.7 Å². The van der Waals surface area contributed by atoms with Crippen LogP contribution < -0.4 is 5.43 Å². The number of benzene rings is 1. The summed E-state index contributed by atoms with van der Waals surface area (Å²) in [5, 5.41) is 5.11. The summed E-state index contributed by atoms with van der Waals surface area (Å²) in [6.45, 7) is 4.36. The Hall–Kier alpha value is -1.42. The van der Waals surface area contributed by atoms with E-state index < -0.39 is 0 Å². The normalized spacial score (nSPS) is 11.7. The monoisotopic (exact) mass is 247 g/mol. The van der Waals surface area contributed by atoms with Gasteiger partial charge in [0.25, 0.3) is 0 Å². The second-order valence-electron chi connectivity index (χ2n) is 3.95. The van der Waals surface area contributed by atoms with E-state index in [1.807, 2.05) is 24.4 Å². The number of rotatable bonds is 5. The number of thiazole rings is 1.